The highest BCUT2D eigenvalue weighted by Crippen LogP contribution is 2.43. The average molecular weight is 518 g/mol. The lowest BCUT2D eigenvalue weighted by atomic mass is 9.97. The summed E-state index contributed by atoms with van der Waals surface area (Å²) < 4.78 is 18.0. The van der Waals surface area contributed by atoms with Crippen molar-refractivity contribution in [3.8, 4) is 11.5 Å². The molecule has 34 heavy (non-hydrogen) atoms. The van der Waals surface area contributed by atoms with E-state index in [1.807, 2.05) is 30.3 Å². The van der Waals surface area contributed by atoms with Crippen LogP contribution in [0.1, 0.15) is 27.7 Å². The van der Waals surface area contributed by atoms with Crippen LogP contribution in [0.4, 0.5) is 5.69 Å². The van der Waals surface area contributed by atoms with Crippen LogP contribution >= 0.6 is 15.9 Å². The molecule has 6 nitrogen and oxygen atoms in total. The van der Waals surface area contributed by atoms with Gasteiger partial charge in [-0.05, 0) is 48.0 Å². The van der Waals surface area contributed by atoms with Gasteiger partial charge in [0.05, 0.1) is 24.1 Å². The van der Waals surface area contributed by atoms with Gasteiger partial charge >= 0.3 is 0 Å². The first-order chi connectivity index (χ1) is 16.5. The molecule has 0 bridgehead atoms. The number of rotatable bonds is 6. The normalized spacial score (nSPS) is 14.8. The molecule has 0 spiro atoms. The standard InChI is InChI=1S/C27H20BrNO5/c1-3-13-33-21-12-11-16(14-22(21)32-2)24-23-25(30)19-9-4-5-10-20(19)34-26(23)27(31)29(24)18-8-6-7-17(28)15-18/h3-12,14-15,24H,1,13H2,2H3. The van der Waals surface area contributed by atoms with E-state index in [1.165, 1.54) is 0 Å². The number of amides is 1. The van der Waals surface area contributed by atoms with E-state index in [-0.39, 0.29) is 17.1 Å². The van der Waals surface area contributed by atoms with Gasteiger partial charge < -0.3 is 13.9 Å². The van der Waals surface area contributed by atoms with Gasteiger partial charge in [-0.1, -0.05) is 52.9 Å². The minimum atomic E-state index is -0.708. The second-order valence-electron chi connectivity index (χ2n) is 7.74. The molecule has 0 radical (unpaired) electrons. The van der Waals surface area contributed by atoms with Crippen molar-refractivity contribution in [2.45, 2.75) is 6.04 Å². The molecule has 170 valence electrons. The zero-order valence-electron chi connectivity index (χ0n) is 18.3. The molecule has 1 unspecified atom stereocenters. The molecule has 4 aromatic rings. The largest absolute Gasteiger partial charge is 0.493 e. The number of nitrogens with zero attached hydrogens (tertiary/aromatic N) is 1. The first-order valence-corrected chi connectivity index (χ1v) is 11.4. The minimum Gasteiger partial charge on any atom is -0.493 e. The number of para-hydroxylation sites is 1. The van der Waals surface area contributed by atoms with Crippen LogP contribution in [0.2, 0.25) is 0 Å². The summed E-state index contributed by atoms with van der Waals surface area (Å²) in [6, 6.07) is 19.0. The Morgan fingerprint density at radius 2 is 1.88 bits per heavy atom. The van der Waals surface area contributed by atoms with E-state index < -0.39 is 6.04 Å². The summed E-state index contributed by atoms with van der Waals surface area (Å²) in [5, 5.41) is 0.424. The van der Waals surface area contributed by atoms with Gasteiger partial charge in [0.25, 0.3) is 5.91 Å². The average Bonchev–Trinajstić information content (AvgIpc) is 3.15. The summed E-state index contributed by atoms with van der Waals surface area (Å²) in [6.07, 6.45) is 1.64. The lowest BCUT2D eigenvalue weighted by Gasteiger charge is -2.26. The summed E-state index contributed by atoms with van der Waals surface area (Å²) in [5.74, 6) is 0.682. The maximum absolute atomic E-state index is 13.7. The number of carbonyl (C=O) groups excluding carboxylic acids is 1. The number of fused-ring (bicyclic) bond motifs is 2. The highest BCUT2D eigenvalue weighted by Gasteiger charge is 2.44. The van der Waals surface area contributed by atoms with Gasteiger partial charge in [0.1, 0.15) is 12.2 Å². The van der Waals surface area contributed by atoms with Crippen LogP contribution in [0.3, 0.4) is 0 Å². The van der Waals surface area contributed by atoms with Crippen molar-refractivity contribution >= 4 is 38.5 Å². The number of ether oxygens (including phenoxy) is 2. The summed E-state index contributed by atoms with van der Waals surface area (Å²) >= 11 is 3.48. The van der Waals surface area contributed by atoms with Crippen LogP contribution in [0.25, 0.3) is 11.0 Å². The van der Waals surface area contributed by atoms with Gasteiger partial charge in [-0.2, -0.15) is 0 Å². The minimum absolute atomic E-state index is 0.0413. The van der Waals surface area contributed by atoms with Crippen molar-refractivity contribution in [1.82, 2.24) is 0 Å². The van der Waals surface area contributed by atoms with E-state index in [1.54, 1.807) is 54.5 Å². The molecule has 2 heterocycles. The Morgan fingerprint density at radius 1 is 1.06 bits per heavy atom. The van der Waals surface area contributed by atoms with E-state index in [9.17, 15) is 9.59 Å². The Bertz CT molecular complexity index is 1490. The topological polar surface area (TPSA) is 69.0 Å². The fourth-order valence-electron chi connectivity index (χ4n) is 4.25. The van der Waals surface area contributed by atoms with Crippen LogP contribution < -0.4 is 19.8 Å². The molecule has 0 fully saturated rings. The molecule has 0 saturated carbocycles. The fraction of sp³-hybridized carbons (Fsp3) is 0.111. The quantitative estimate of drug-likeness (QED) is 0.299. The van der Waals surface area contributed by atoms with Gasteiger partial charge in [-0.3, -0.25) is 14.5 Å². The third kappa shape index (κ3) is 3.58. The molecule has 0 saturated heterocycles. The maximum Gasteiger partial charge on any atom is 0.295 e. The van der Waals surface area contributed by atoms with Gasteiger partial charge in [-0.15, -0.1) is 0 Å². The Labute approximate surface area is 204 Å². The van der Waals surface area contributed by atoms with Crippen molar-refractivity contribution in [3.63, 3.8) is 0 Å². The number of benzene rings is 3. The predicted octanol–water partition coefficient (Wildman–Crippen LogP) is 5.88. The van der Waals surface area contributed by atoms with E-state index in [2.05, 4.69) is 22.5 Å². The molecule has 1 aliphatic heterocycles. The van der Waals surface area contributed by atoms with Crippen LogP contribution in [0.15, 0.2) is 93.1 Å². The highest BCUT2D eigenvalue weighted by atomic mass is 79.9. The van der Waals surface area contributed by atoms with Crippen LogP contribution in [0.5, 0.6) is 11.5 Å². The Morgan fingerprint density at radius 3 is 2.65 bits per heavy atom. The third-order valence-corrected chi connectivity index (χ3v) is 6.22. The molecular weight excluding hydrogens is 498 g/mol. The SMILES string of the molecule is C=CCOc1ccc(C2c3c(oc4ccccc4c3=O)C(=O)N2c2cccc(Br)c2)cc1OC. The predicted molar refractivity (Wildman–Crippen MR) is 134 cm³/mol. The van der Waals surface area contributed by atoms with Gasteiger partial charge in [0.15, 0.2) is 16.9 Å². The van der Waals surface area contributed by atoms with Crippen molar-refractivity contribution in [2.75, 3.05) is 18.6 Å². The molecule has 1 aliphatic rings. The van der Waals surface area contributed by atoms with Crippen LogP contribution in [-0.4, -0.2) is 19.6 Å². The summed E-state index contributed by atoms with van der Waals surface area (Å²) in [4.78, 5) is 28.9. The Balaban J connectivity index is 1.76. The summed E-state index contributed by atoms with van der Waals surface area (Å²) in [7, 11) is 1.54. The van der Waals surface area contributed by atoms with Crippen LogP contribution in [0, 0.1) is 0 Å². The second kappa shape index (κ2) is 8.83. The highest BCUT2D eigenvalue weighted by molar-refractivity contribution is 9.10. The maximum atomic E-state index is 13.7. The Kier molecular flexibility index (Phi) is 5.71. The molecule has 1 atom stereocenters. The smallest absolute Gasteiger partial charge is 0.295 e. The zero-order chi connectivity index (χ0) is 23.8. The van der Waals surface area contributed by atoms with E-state index in [0.717, 1.165) is 4.47 Å². The molecule has 0 N–H and O–H groups in total. The first-order valence-electron chi connectivity index (χ1n) is 10.6. The van der Waals surface area contributed by atoms with Crippen molar-refractivity contribution in [3.05, 3.63) is 111 Å². The monoisotopic (exact) mass is 517 g/mol. The lowest BCUT2D eigenvalue weighted by molar-refractivity contribution is 0.0971. The van der Waals surface area contributed by atoms with E-state index in [0.29, 0.717) is 45.9 Å². The molecule has 7 heteroatoms. The van der Waals surface area contributed by atoms with Crippen molar-refractivity contribution in [1.29, 1.82) is 0 Å². The molecular formula is C27H20BrNO5. The number of hydrogen-bond donors (Lipinski definition) is 0. The van der Waals surface area contributed by atoms with Crippen molar-refractivity contribution in [2.24, 2.45) is 0 Å². The molecule has 1 aromatic heterocycles. The number of methoxy groups -OCH3 is 1. The number of anilines is 1. The molecule has 3 aromatic carbocycles. The van der Waals surface area contributed by atoms with Gasteiger partial charge in [0.2, 0.25) is 5.76 Å². The third-order valence-electron chi connectivity index (χ3n) is 5.72. The summed E-state index contributed by atoms with van der Waals surface area (Å²) in [5.41, 5.74) is 1.76. The van der Waals surface area contributed by atoms with Crippen LogP contribution in [-0.2, 0) is 0 Å². The number of carbonyl (C=O) groups is 1. The number of hydrogen-bond acceptors (Lipinski definition) is 5. The Hall–Kier alpha value is -3.84. The first kappa shape index (κ1) is 22.0. The van der Waals surface area contributed by atoms with Gasteiger partial charge in [-0.25, -0.2) is 0 Å². The van der Waals surface area contributed by atoms with E-state index >= 15 is 0 Å². The fourth-order valence-corrected chi connectivity index (χ4v) is 4.64. The molecule has 1 amide bonds. The zero-order valence-corrected chi connectivity index (χ0v) is 19.9. The second-order valence-corrected chi connectivity index (χ2v) is 8.65. The van der Waals surface area contributed by atoms with E-state index in [4.69, 9.17) is 13.9 Å². The summed E-state index contributed by atoms with van der Waals surface area (Å²) in [6.45, 7) is 3.99. The van der Waals surface area contributed by atoms with Gasteiger partial charge in [0, 0.05) is 10.2 Å². The lowest BCUT2D eigenvalue weighted by Crippen LogP contribution is -2.29. The van der Waals surface area contributed by atoms with Crippen molar-refractivity contribution < 1.29 is 18.7 Å². The number of halogens is 1. The molecule has 0 aliphatic carbocycles. The molecule has 5 rings (SSSR count).